The Morgan fingerprint density at radius 1 is 1.38 bits per heavy atom. The number of benzene rings is 2. The largest absolute Gasteiger partial charge is 0.508 e. The van der Waals surface area contributed by atoms with Crippen LogP contribution >= 0.6 is 38.5 Å². The number of halogens is 2. The van der Waals surface area contributed by atoms with E-state index in [-0.39, 0.29) is 11.3 Å². The molecular formula is C17H12BrIN2O3. The lowest BCUT2D eigenvalue weighted by atomic mass is 10.1. The first-order valence-electron chi connectivity index (χ1n) is 6.70. The Morgan fingerprint density at radius 3 is 2.58 bits per heavy atom. The third kappa shape index (κ3) is 4.49. The van der Waals surface area contributed by atoms with Gasteiger partial charge in [-0.05, 0) is 86.6 Å². The van der Waals surface area contributed by atoms with Gasteiger partial charge in [0.25, 0.3) is 5.91 Å². The number of phenols is 1. The molecule has 0 unspecified atom stereocenters. The topological polar surface area (TPSA) is 82.3 Å². The van der Waals surface area contributed by atoms with Gasteiger partial charge in [0.2, 0.25) is 0 Å². The summed E-state index contributed by atoms with van der Waals surface area (Å²) in [6.07, 6.45) is 1.50. The first-order chi connectivity index (χ1) is 11.4. The Morgan fingerprint density at radius 2 is 2.04 bits per heavy atom. The van der Waals surface area contributed by atoms with Gasteiger partial charge in [-0.3, -0.25) is 4.79 Å². The number of nitrogens with one attached hydrogen (secondary N) is 1. The molecular weight excluding hydrogens is 487 g/mol. The summed E-state index contributed by atoms with van der Waals surface area (Å²) in [5.74, 6) is 0.270. The fraction of sp³-hybridized carbons (Fsp3) is 0.0588. The van der Waals surface area contributed by atoms with E-state index in [1.54, 1.807) is 25.3 Å². The fourth-order valence-electron chi connectivity index (χ4n) is 1.92. The van der Waals surface area contributed by atoms with E-state index in [1.807, 2.05) is 12.1 Å². The molecule has 0 aliphatic rings. The van der Waals surface area contributed by atoms with Crippen LogP contribution in [0.4, 0.5) is 5.69 Å². The van der Waals surface area contributed by atoms with E-state index >= 15 is 0 Å². The molecule has 0 saturated heterocycles. The third-order valence-corrected chi connectivity index (χ3v) is 4.42. The molecule has 2 rings (SSSR count). The van der Waals surface area contributed by atoms with Gasteiger partial charge in [-0.1, -0.05) is 0 Å². The van der Waals surface area contributed by atoms with Gasteiger partial charge in [0.15, 0.2) is 0 Å². The second-order valence-corrected chi connectivity index (χ2v) is 6.71. The van der Waals surface area contributed by atoms with Crippen LogP contribution in [0.2, 0.25) is 0 Å². The maximum atomic E-state index is 12.2. The molecule has 0 radical (unpaired) electrons. The molecule has 0 aliphatic heterocycles. The van der Waals surface area contributed by atoms with Gasteiger partial charge < -0.3 is 15.2 Å². The summed E-state index contributed by atoms with van der Waals surface area (Å²) >= 11 is 5.52. The summed E-state index contributed by atoms with van der Waals surface area (Å²) in [4.78, 5) is 12.2. The maximum Gasteiger partial charge on any atom is 0.266 e. The van der Waals surface area contributed by atoms with Gasteiger partial charge in [0.05, 0.1) is 15.2 Å². The lowest BCUT2D eigenvalue weighted by Crippen LogP contribution is -2.13. The number of nitriles is 1. The lowest BCUT2D eigenvalue weighted by Gasteiger charge is -2.08. The molecule has 2 aromatic carbocycles. The number of carbonyl (C=O) groups is 1. The minimum Gasteiger partial charge on any atom is -0.508 e. The van der Waals surface area contributed by atoms with Crippen LogP contribution in [0.15, 0.2) is 46.4 Å². The van der Waals surface area contributed by atoms with Gasteiger partial charge >= 0.3 is 0 Å². The zero-order valence-electron chi connectivity index (χ0n) is 12.5. The van der Waals surface area contributed by atoms with Gasteiger partial charge in [-0.25, -0.2) is 0 Å². The van der Waals surface area contributed by atoms with Crippen LogP contribution in [-0.2, 0) is 4.79 Å². The summed E-state index contributed by atoms with van der Waals surface area (Å²) in [7, 11) is 1.57. The average molecular weight is 499 g/mol. The van der Waals surface area contributed by atoms with Crippen LogP contribution in [-0.4, -0.2) is 18.1 Å². The van der Waals surface area contributed by atoms with Crippen molar-refractivity contribution in [2.45, 2.75) is 0 Å². The van der Waals surface area contributed by atoms with Crippen molar-refractivity contribution < 1.29 is 14.6 Å². The number of phenolic OH excluding ortho intramolecular Hbond substituents is 1. The molecule has 0 heterocycles. The van der Waals surface area contributed by atoms with Crippen LogP contribution in [0, 0.1) is 14.9 Å². The van der Waals surface area contributed by atoms with Crippen molar-refractivity contribution in [1.29, 1.82) is 5.26 Å². The van der Waals surface area contributed by atoms with Crippen molar-refractivity contribution in [3.8, 4) is 17.6 Å². The number of anilines is 1. The zero-order valence-corrected chi connectivity index (χ0v) is 16.3. The van der Waals surface area contributed by atoms with E-state index in [9.17, 15) is 15.2 Å². The highest BCUT2D eigenvalue weighted by Gasteiger charge is 2.12. The number of carbonyl (C=O) groups excluding carboxylic acids is 1. The second-order valence-electron chi connectivity index (χ2n) is 4.69. The quantitative estimate of drug-likeness (QED) is 0.285. The fourth-order valence-corrected chi connectivity index (χ4v) is 3.80. The van der Waals surface area contributed by atoms with Gasteiger partial charge in [-0.15, -0.1) is 0 Å². The van der Waals surface area contributed by atoms with E-state index < -0.39 is 5.91 Å². The molecule has 0 aliphatic carbocycles. The normalized spacial score (nSPS) is 10.8. The molecule has 122 valence electrons. The van der Waals surface area contributed by atoms with Crippen LogP contribution in [0.3, 0.4) is 0 Å². The van der Waals surface area contributed by atoms with E-state index in [1.165, 1.54) is 18.2 Å². The monoisotopic (exact) mass is 498 g/mol. The van der Waals surface area contributed by atoms with Gasteiger partial charge in [0, 0.05) is 5.69 Å². The summed E-state index contributed by atoms with van der Waals surface area (Å²) in [5, 5.41) is 21.1. The standard InChI is InChI=1S/C17H12BrIN2O3/c1-24-16-14(18)7-10(8-15(16)19)6-11(9-20)17(23)21-12-2-4-13(22)5-3-12/h2-8,22H,1H3,(H,21,23)/b11-6+. The highest BCUT2D eigenvalue weighted by molar-refractivity contribution is 14.1. The minimum absolute atomic E-state index is 0.0315. The Balaban J connectivity index is 2.27. The molecule has 24 heavy (non-hydrogen) atoms. The first-order valence-corrected chi connectivity index (χ1v) is 8.57. The van der Waals surface area contributed by atoms with Crippen molar-refractivity contribution in [3.63, 3.8) is 0 Å². The molecule has 5 nitrogen and oxygen atoms in total. The molecule has 0 aromatic heterocycles. The molecule has 0 saturated carbocycles. The van der Waals surface area contributed by atoms with Crippen molar-refractivity contribution in [2.24, 2.45) is 0 Å². The summed E-state index contributed by atoms with van der Waals surface area (Å²) in [5.41, 5.74) is 1.16. The van der Waals surface area contributed by atoms with E-state index in [4.69, 9.17) is 4.74 Å². The average Bonchev–Trinajstić information content (AvgIpc) is 2.54. The van der Waals surface area contributed by atoms with Crippen LogP contribution in [0.1, 0.15) is 5.56 Å². The Hall–Kier alpha value is -2.05. The van der Waals surface area contributed by atoms with Crippen molar-refractivity contribution in [3.05, 3.63) is 55.6 Å². The SMILES string of the molecule is COc1c(Br)cc(/C=C(\C#N)C(=O)Nc2ccc(O)cc2)cc1I. The lowest BCUT2D eigenvalue weighted by molar-refractivity contribution is -0.112. The highest BCUT2D eigenvalue weighted by atomic mass is 127. The number of nitrogens with zero attached hydrogens (tertiary/aromatic N) is 1. The Labute approximate surface area is 161 Å². The Kier molecular flexibility index (Phi) is 6.23. The van der Waals surface area contributed by atoms with Crippen molar-refractivity contribution in [1.82, 2.24) is 0 Å². The predicted molar refractivity (Wildman–Crippen MR) is 104 cm³/mol. The number of rotatable bonds is 4. The first kappa shape index (κ1) is 18.3. The predicted octanol–water partition coefficient (Wildman–Crippen LogP) is 4.31. The van der Waals surface area contributed by atoms with Crippen molar-refractivity contribution in [2.75, 3.05) is 12.4 Å². The van der Waals surface area contributed by atoms with E-state index in [0.29, 0.717) is 17.0 Å². The molecule has 1 amide bonds. The second kappa shape index (κ2) is 8.17. The van der Waals surface area contributed by atoms with Gasteiger partial charge in [-0.2, -0.15) is 5.26 Å². The van der Waals surface area contributed by atoms with Crippen LogP contribution < -0.4 is 10.1 Å². The molecule has 0 fully saturated rings. The van der Waals surface area contributed by atoms with E-state index in [0.717, 1.165) is 8.04 Å². The van der Waals surface area contributed by atoms with E-state index in [2.05, 4.69) is 43.8 Å². The Bertz CT molecular complexity index is 819. The minimum atomic E-state index is -0.523. The smallest absolute Gasteiger partial charge is 0.266 e. The third-order valence-electron chi connectivity index (χ3n) is 3.03. The van der Waals surface area contributed by atoms with Crippen LogP contribution in [0.5, 0.6) is 11.5 Å². The molecule has 2 N–H and O–H groups in total. The number of hydrogen-bond donors (Lipinski definition) is 2. The molecule has 0 atom stereocenters. The summed E-state index contributed by atoms with van der Waals surface area (Å²) < 4.78 is 6.85. The number of methoxy groups -OCH3 is 1. The summed E-state index contributed by atoms with van der Waals surface area (Å²) in [6, 6.07) is 11.5. The van der Waals surface area contributed by atoms with Gasteiger partial charge in [0.1, 0.15) is 23.1 Å². The maximum absolute atomic E-state index is 12.2. The number of amides is 1. The van der Waals surface area contributed by atoms with Crippen LogP contribution in [0.25, 0.3) is 6.08 Å². The van der Waals surface area contributed by atoms with Crippen molar-refractivity contribution >= 4 is 56.2 Å². The highest BCUT2D eigenvalue weighted by Crippen LogP contribution is 2.32. The number of ether oxygens (including phenoxy) is 1. The molecule has 0 spiro atoms. The summed E-state index contributed by atoms with van der Waals surface area (Å²) in [6.45, 7) is 0. The number of aromatic hydroxyl groups is 1. The number of hydrogen-bond acceptors (Lipinski definition) is 4. The molecule has 0 bridgehead atoms. The zero-order chi connectivity index (χ0) is 17.7. The molecule has 7 heteroatoms. The molecule has 2 aromatic rings.